The van der Waals surface area contributed by atoms with E-state index < -0.39 is 0 Å². The Balaban J connectivity index is 2.55. The normalized spacial score (nSPS) is 10.5. The van der Waals surface area contributed by atoms with Gasteiger partial charge >= 0.3 is 0 Å². The molecule has 3 nitrogen and oxygen atoms in total. The van der Waals surface area contributed by atoms with Crippen molar-refractivity contribution in [1.82, 2.24) is 9.97 Å². The van der Waals surface area contributed by atoms with Crippen LogP contribution in [0.1, 0.15) is 0 Å². The lowest BCUT2D eigenvalue weighted by molar-refractivity contribution is 0.628. The minimum atomic E-state index is -0.322. The highest BCUT2D eigenvalue weighted by Gasteiger charge is 2.14. The molecule has 0 aliphatic carbocycles. The van der Waals surface area contributed by atoms with Gasteiger partial charge in [0.25, 0.3) is 0 Å². The lowest BCUT2D eigenvalue weighted by Crippen LogP contribution is -2.13. The molecule has 0 aliphatic heterocycles. The fourth-order valence-corrected chi connectivity index (χ4v) is 2.05. The number of benzene rings is 1. The third-order valence-corrected chi connectivity index (χ3v) is 2.89. The molecule has 1 aromatic heterocycles. The Labute approximate surface area is 114 Å². The molecular weight excluding hydrogens is 276 g/mol. The number of nitrogens with zero attached hydrogens (tertiary/aromatic N) is 3. The highest BCUT2D eigenvalue weighted by molar-refractivity contribution is 6.37. The summed E-state index contributed by atoms with van der Waals surface area (Å²) >= 11 is 12.2. The fourth-order valence-electron chi connectivity index (χ4n) is 1.45. The molecular formula is C12H10Cl2FN3. The van der Waals surface area contributed by atoms with Gasteiger partial charge in [-0.15, -0.1) is 0 Å². The third kappa shape index (κ3) is 2.54. The predicted molar refractivity (Wildman–Crippen MR) is 71.8 cm³/mol. The lowest BCUT2D eigenvalue weighted by Gasteiger charge is -2.13. The summed E-state index contributed by atoms with van der Waals surface area (Å²) in [5, 5.41) is 0.482. The lowest BCUT2D eigenvalue weighted by atomic mass is 10.1. The SMILES string of the molecule is CN(C)c1nc(Cl)c(-c2ccc(F)cc2)c(Cl)n1. The first-order chi connectivity index (χ1) is 8.49. The minimum Gasteiger partial charge on any atom is -0.347 e. The summed E-state index contributed by atoms with van der Waals surface area (Å²) < 4.78 is 12.9. The van der Waals surface area contributed by atoms with Crippen molar-refractivity contribution >= 4 is 29.2 Å². The van der Waals surface area contributed by atoms with Crippen molar-refractivity contribution in [2.45, 2.75) is 0 Å². The Morgan fingerprint density at radius 2 is 1.50 bits per heavy atom. The van der Waals surface area contributed by atoms with Crippen molar-refractivity contribution in [2.24, 2.45) is 0 Å². The zero-order chi connectivity index (χ0) is 13.3. The van der Waals surface area contributed by atoms with E-state index in [0.29, 0.717) is 17.1 Å². The summed E-state index contributed by atoms with van der Waals surface area (Å²) in [5.74, 6) is 0.104. The molecule has 0 saturated heterocycles. The van der Waals surface area contributed by atoms with E-state index in [1.54, 1.807) is 31.1 Å². The largest absolute Gasteiger partial charge is 0.347 e. The molecule has 0 saturated carbocycles. The Hall–Kier alpha value is -1.39. The Kier molecular flexibility index (Phi) is 3.68. The van der Waals surface area contributed by atoms with Crippen LogP contribution in [0.25, 0.3) is 11.1 Å². The van der Waals surface area contributed by atoms with E-state index in [0.717, 1.165) is 0 Å². The van der Waals surface area contributed by atoms with Crippen LogP contribution in [0.2, 0.25) is 10.3 Å². The smallest absolute Gasteiger partial charge is 0.227 e. The first-order valence-electron chi connectivity index (χ1n) is 5.15. The molecule has 0 aliphatic rings. The molecule has 2 rings (SSSR count). The van der Waals surface area contributed by atoms with Gasteiger partial charge in [0.2, 0.25) is 5.95 Å². The van der Waals surface area contributed by atoms with Crippen molar-refractivity contribution in [3.8, 4) is 11.1 Å². The molecule has 0 unspecified atom stereocenters. The number of rotatable bonds is 2. The molecule has 0 spiro atoms. The number of aromatic nitrogens is 2. The van der Waals surface area contributed by atoms with Crippen LogP contribution in [0, 0.1) is 5.82 Å². The van der Waals surface area contributed by atoms with Crippen molar-refractivity contribution in [1.29, 1.82) is 0 Å². The second-order valence-electron chi connectivity index (χ2n) is 3.88. The molecule has 6 heteroatoms. The molecule has 1 heterocycles. The monoisotopic (exact) mass is 285 g/mol. The highest BCUT2D eigenvalue weighted by atomic mass is 35.5. The van der Waals surface area contributed by atoms with Gasteiger partial charge in [0, 0.05) is 14.1 Å². The van der Waals surface area contributed by atoms with Crippen LogP contribution in [-0.2, 0) is 0 Å². The van der Waals surface area contributed by atoms with Gasteiger partial charge in [-0.3, -0.25) is 0 Å². The minimum absolute atomic E-state index is 0.241. The topological polar surface area (TPSA) is 29.0 Å². The first-order valence-corrected chi connectivity index (χ1v) is 5.91. The quantitative estimate of drug-likeness (QED) is 0.789. The van der Waals surface area contributed by atoms with E-state index in [9.17, 15) is 4.39 Å². The number of hydrogen-bond donors (Lipinski definition) is 0. The summed E-state index contributed by atoms with van der Waals surface area (Å²) in [6.45, 7) is 0. The zero-order valence-corrected chi connectivity index (χ0v) is 11.3. The molecule has 2 aromatic rings. The number of anilines is 1. The molecule has 0 radical (unpaired) electrons. The number of halogens is 3. The summed E-state index contributed by atoms with van der Waals surface area (Å²) in [7, 11) is 3.58. The Morgan fingerprint density at radius 3 is 1.94 bits per heavy atom. The molecule has 18 heavy (non-hydrogen) atoms. The van der Waals surface area contributed by atoms with Crippen LogP contribution in [-0.4, -0.2) is 24.1 Å². The van der Waals surface area contributed by atoms with Crippen molar-refractivity contribution in [3.63, 3.8) is 0 Å². The third-order valence-electron chi connectivity index (χ3n) is 2.34. The molecule has 0 N–H and O–H groups in total. The standard InChI is InChI=1S/C12H10Cl2FN3/c1-18(2)12-16-10(13)9(11(14)17-12)7-3-5-8(15)6-4-7/h3-6H,1-2H3. The number of hydrogen-bond acceptors (Lipinski definition) is 3. The maximum Gasteiger partial charge on any atom is 0.227 e. The van der Waals surface area contributed by atoms with Crippen LogP contribution in [0.5, 0.6) is 0 Å². The molecule has 1 aromatic carbocycles. The van der Waals surface area contributed by atoms with Crippen LogP contribution in [0.15, 0.2) is 24.3 Å². The maximum atomic E-state index is 12.9. The summed E-state index contributed by atoms with van der Waals surface area (Å²) in [4.78, 5) is 9.97. The van der Waals surface area contributed by atoms with Gasteiger partial charge in [-0.05, 0) is 17.7 Å². The van der Waals surface area contributed by atoms with Crippen LogP contribution in [0.3, 0.4) is 0 Å². The van der Waals surface area contributed by atoms with Crippen molar-refractivity contribution in [2.75, 3.05) is 19.0 Å². The summed E-state index contributed by atoms with van der Waals surface area (Å²) in [6, 6.07) is 5.84. The zero-order valence-electron chi connectivity index (χ0n) is 9.78. The fraction of sp³-hybridized carbons (Fsp3) is 0.167. The van der Waals surface area contributed by atoms with E-state index >= 15 is 0 Å². The average molecular weight is 286 g/mol. The molecule has 94 valence electrons. The van der Waals surface area contributed by atoms with Crippen LogP contribution >= 0.6 is 23.2 Å². The highest BCUT2D eigenvalue weighted by Crippen LogP contribution is 2.33. The van der Waals surface area contributed by atoms with E-state index in [4.69, 9.17) is 23.2 Å². The Morgan fingerprint density at radius 1 is 1.00 bits per heavy atom. The summed E-state index contributed by atoms with van der Waals surface area (Å²) in [6.07, 6.45) is 0. The van der Waals surface area contributed by atoms with Gasteiger partial charge in [-0.1, -0.05) is 35.3 Å². The van der Waals surface area contributed by atoms with Gasteiger partial charge in [0.15, 0.2) is 0 Å². The van der Waals surface area contributed by atoms with Gasteiger partial charge in [-0.25, -0.2) is 14.4 Å². The second-order valence-corrected chi connectivity index (χ2v) is 4.60. The maximum absolute atomic E-state index is 12.9. The average Bonchev–Trinajstić information content (AvgIpc) is 2.30. The van der Waals surface area contributed by atoms with Crippen molar-refractivity contribution < 1.29 is 4.39 Å². The van der Waals surface area contributed by atoms with Gasteiger partial charge in [0.1, 0.15) is 16.1 Å². The molecule has 0 amide bonds. The van der Waals surface area contributed by atoms with Gasteiger partial charge in [-0.2, -0.15) is 0 Å². The summed E-state index contributed by atoms with van der Waals surface area (Å²) in [5.41, 5.74) is 1.18. The van der Waals surface area contributed by atoms with E-state index in [2.05, 4.69) is 9.97 Å². The molecule has 0 fully saturated rings. The van der Waals surface area contributed by atoms with Crippen LogP contribution in [0.4, 0.5) is 10.3 Å². The van der Waals surface area contributed by atoms with Crippen molar-refractivity contribution in [3.05, 3.63) is 40.4 Å². The van der Waals surface area contributed by atoms with Gasteiger partial charge < -0.3 is 4.90 Å². The van der Waals surface area contributed by atoms with E-state index in [-0.39, 0.29) is 16.1 Å². The molecule has 0 bridgehead atoms. The van der Waals surface area contributed by atoms with Gasteiger partial charge in [0.05, 0.1) is 5.56 Å². The van der Waals surface area contributed by atoms with E-state index in [1.165, 1.54) is 12.1 Å². The van der Waals surface area contributed by atoms with E-state index in [1.807, 2.05) is 0 Å². The Bertz CT molecular complexity index is 547. The van der Waals surface area contributed by atoms with Crippen LogP contribution < -0.4 is 4.90 Å². The second kappa shape index (κ2) is 5.08. The predicted octanol–water partition coefficient (Wildman–Crippen LogP) is 3.66. The molecule has 0 atom stereocenters. The first kappa shape index (κ1) is 13.1.